The Bertz CT molecular complexity index is 677. The van der Waals surface area contributed by atoms with Gasteiger partial charge in [0, 0.05) is 6.04 Å². The number of unbranched alkanes of at least 4 members (excludes halogenated alkanes) is 3. The van der Waals surface area contributed by atoms with Gasteiger partial charge >= 0.3 is 6.03 Å². The maximum Gasteiger partial charge on any atom is 0.325 e. The van der Waals surface area contributed by atoms with Crippen molar-refractivity contribution in [1.29, 1.82) is 0 Å². The Balaban J connectivity index is 2.01. The van der Waals surface area contributed by atoms with E-state index in [0.717, 1.165) is 36.1 Å². The molecule has 2 atom stereocenters. The smallest absolute Gasteiger partial charge is 0.325 e. The number of imide groups is 1. The number of rotatable bonds is 11. The van der Waals surface area contributed by atoms with Gasteiger partial charge in [-0.15, -0.1) is 0 Å². The molecule has 4 amide bonds. The highest BCUT2D eigenvalue weighted by atomic mass is 16.2. The molecule has 1 fully saturated rings. The molecule has 0 unspecified atom stereocenters. The van der Waals surface area contributed by atoms with E-state index in [1.54, 1.807) is 0 Å². The molecule has 0 saturated carbocycles. The van der Waals surface area contributed by atoms with E-state index in [2.05, 4.69) is 17.6 Å². The fourth-order valence-corrected chi connectivity index (χ4v) is 3.79. The summed E-state index contributed by atoms with van der Waals surface area (Å²) in [6.07, 6.45) is 6.71. The van der Waals surface area contributed by atoms with Gasteiger partial charge in [-0.1, -0.05) is 76.3 Å². The van der Waals surface area contributed by atoms with Crippen LogP contribution in [0.1, 0.15) is 71.3 Å². The average Bonchev–Trinajstić information content (AvgIpc) is 2.91. The second-order valence-corrected chi connectivity index (χ2v) is 7.66. The quantitative estimate of drug-likeness (QED) is 0.449. The van der Waals surface area contributed by atoms with Crippen molar-refractivity contribution >= 4 is 17.8 Å². The van der Waals surface area contributed by atoms with Crippen molar-refractivity contribution in [2.75, 3.05) is 6.54 Å². The second kappa shape index (κ2) is 10.2. The van der Waals surface area contributed by atoms with Crippen LogP contribution in [0.15, 0.2) is 30.3 Å². The van der Waals surface area contributed by atoms with Gasteiger partial charge in [0.25, 0.3) is 5.91 Å². The highest BCUT2D eigenvalue weighted by Gasteiger charge is 2.52. The van der Waals surface area contributed by atoms with Crippen molar-refractivity contribution in [3.63, 3.8) is 0 Å². The monoisotopic (exact) mass is 387 g/mol. The minimum absolute atomic E-state index is 0.0274. The van der Waals surface area contributed by atoms with Crippen LogP contribution in [0.5, 0.6) is 0 Å². The number of amides is 4. The number of nitrogens with one attached hydrogen (secondary N) is 2. The summed E-state index contributed by atoms with van der Waals surface area (Å²) in [5.74, 6) is -0.650. The number of urea groups is 1. The summed E-state index contributed by atoms with van der Waals surface area (Å²) in [7, 11) is 0. The van der Waals surface area contributed by atoms with Crippen molar-refractivity contribution in [3.8, 4) is 0 Å². The number of nitrogens with zero attached hydrogens (tertiary/aromatic N) is 1. The summed E-state index contributed by atoms with van der Waals surface area (Å²) in [4.78, 5) is 39.1. The van der Waals surface area contributed by atoms with E-state index < -0.39 is 11.6 Å². The van der Waals surface area contributed by atoms with E-state index in [1.807, 2.05) is 44.2 Å². The molecule has 28 heavy (non-hydrogen) atoms. The fraction of sp³-hybridized carbons (Fsp3) is 0.591. The number of benzene rings is 1. The Morgan fingerprint density at radius 2 is 1.82 bits per heavy atom. The molecule has 1 aliphatic rings. The predicted molar refractivity (Wildman–Crippen MR) is 110 cm³/mol. The first-order chi connectivity index (χ1) is 13.4. The summed E-state index contributed by atoms with van der Waals surface area (Å²) < 4.78 is 0. The zero-order chi connectivity index (χ0) is 20.6. The normalized spacial score (nSPS) is 20.2. The molecule has 1 aliphatic heterocycles. The molecule has 2 N–H and O–H groups in total. The van der Waals surface area contributed by atoms with Gasteiger partial charge in [0.05, 0.1) is 0 Å². The van der Waals surface area contributed by atoms with E-state index in [-0.39, 0.29) is 24.4 Å². The molecule has 2 rings (SSSR count). The summed E-state index contributed by atoms with van der Waals surface area (Å²) in [5, 5.41) is 5.76. The Labute approximate surface area is 168 Å². The van der Waals surface area contributed by atoms with Crippen molar-refractivity contribution in [3.05, 3.63) is 35.9 Å². The van der Waals surface area contributed by atoms with Crippen LogP contribution in [-0.4, -0.2) is 35.3 Å². The lowest BCUT2D eigenvalue weighted by Crippen LogP contribution is -2.46. The van der Waals surface area contributed by atoms with Gasteiger partial charge in [-0.05, 0) is 25.3 Å². The van der Waals surface area contributed by atoms with Gasteiger partial charge in [0.1, 0.15) is 12.1 Å². The van der Waals surface area contributed by atoms with Gasteiger partial charge < -0.3 is 10.6 Å². The molecule has 154 valence electrons. The first-order valence-corrected chi connectivity index (χ1v) is 10.4. The van der Waals surface area contributed by atoms with Crippen molar-refractivity contribution < 1.29 is 14.4 Å². The Morgan fingerprint density at radius 3 is 2.46 bits per heavy atom. The number of carbonyl (C=O) groups is 3. The maximum absolute atomic E-state index is 13.2. The lowest BCUT2D eigenvalue weighted by Gasteiger charge is -2.27. The standard InChI is InChI=1S/C22H33N3O3/c1-4-6-7-9-12-17(3)23-19(26)16-25-20(27)22(15-5-2,24-21(25)28)18-13-10-8-11-14-18/h8,10-11,13-14,17H,4-7,9,12,15-16H2,1-3H3,(H,23,26)(H,24,28)/t17-,22-/m1/s1. The van der Waals surface area contributed by atoms with Crippen LogP contribution in [0, 0.1) is 0 Å². The zero-order valence-electron chi connectivity index (χ0n) is 17.3. The molecule has 0 bridgehead atoms. The maximum atomic E-state index is 13.2. The van der Waals surface area contributed by atoms with E-state index in [0.29, 0.717) is 6.42 Å². The summed E-state index contributed by atoms with van der Waals surface area (Å²) in [6, 6.07) is 8.78. The average molecular weight is 388 g/mol. The fourth-order valence-electron chi connectivity index (χ4n) is 3.79. The molecule has 0 aromatic heterocycles. The summed E-state index contributed by atoms with van der Waals surface area (Å²) in [6.45, 7) is 5.85. The third kappa shape index (κ3) is 5.12. The van der Waals surface area contributed by atoms with Gasteiger partial charge in [-0.2, -0.15) is 0 Å². The van der Waals surface area contributed by atoms with Crippen LogP contribution >= 0.6 is 0 Å². The topological polar surface area (TPSA) is 78.5 Å². The van der Waals surface area contributed by atoms with Gasteiger partial charge in [0.2, 0.25) is 5.91 Å². The first-order valence-electron chi connectivity index (χ1n) is 10.4. The van der Waals surface area contributed by atoms with Gasteiger partial charge in [-0.3, -0.25) is 14.5 Å². The van der Waals surface area contributed by atoms with Crippen LogP contribution < -0.4 is 10.6 Å². The molecule has 6 heteroatoms. The molecule has 0 radical (unpaired) electrons. The third-order valence-corrected chi connectivity index (χ3v) is 5.27. The molecular weight excluding hydrogens is 354 g/mol. The summed E-state index contributed by atoms with van der Waals surface area (Å²) in [5.41, 5.74) is -0.332. The molecule has 1 heterocycles. The van der Waals surface area contributed by atoms with Crippen LogP contribution in [0.25, 0.3) is 0 Å². The Hall–Kier alpha value is -2.37. The number of hydrogen-bond acceptors (Lipinski definition) is 3. The number of carbonyl (C=O) groups excluding carboxylic acids is 3. The van der Waals surface area contributed by atoms with Crippen LogP contribution in [-0.2, 0) is 15.1 Å². The SMILES string of the molecule is CCCCCC[C@@H](C)NC(=O)CN1C(=O)N[C@](CCC)(c2ccccc2)C1=O. The molecule has 1 aromatic rings. The van der Waals surface area contributed by atoms with Crippen LogP contribution in [0.4, 0.5) is 4.79 Å². The van der Waals surface area contributed by atoms with Crippen LogP contribution in [0.2, 0.25) is 0 Å². The van der Waals surface area contributed by atoms with Crippen molar-refractivity contribution in [2.24, 2.45) is 0 Å². The van der Waals surface area contributed by atoms with Crippen molar-refractivity contribution in [2.45, 2.75) is 77.3 Å². The van der Waals surface area contributed by atoms with Gasteiger partial charge in [0.15, 0.2) is 0 Å². The van der Waals surface area contributed by atoms with E-state index in [9.17, 15) is 14.4 Å². The molecule has 6 nitrogen and oxygen atoms in total. The molecule has 1 aromatic carbocycles. The largest absolute Gasteiger partial charge is 0.352 e. The third-order valence-electron chi connectivity index (χ3n) is 5.27. The highest BCUT2D eigenvalue weighted by molar-refractivity contribution is 6.09. The lowest BCUT2D eigenvalue weighted by molar-refractivity contribution is -0.135. The molecule has 1 saturated heterocycles. The van der Waals surface area contributed by atoms with E-state index in [1.165, 1.54) is 12.8 Å². The van der Waals surface area contributed by atoms with E-state index >= 15 is 0 Å². The second-order valence-electron chi connectivity index (χ2n) is 7.66. The minimum atomic E-state index is -1.08. The first kappa shape index (κ1) is 21.9. The van der Waals surface area contributed by atoms with Crippen molar-refractivity contribution in [1.82, 2.24) is 15.5 Å². The highest BCUT2D eigenvalue weighted by Crippen LogP contribution is 2.33. The minimum Gasteiger partial charge on any atom is -0.352 e. The summed E-state index contributed by atoms with van der Waals surface area (Å²) >= 11 is 0. The van der Waals surface area contributed by atoms with Gasteiger partial charge in [-0.25, -0.2) is 4.79 Å². The predicted octanol–water partition coefficient (Wildman–Crippen LogP) is 3.71. The Kier molecular flexibility index (Phi) is 8.03. The lowest BCUT2D eigenvalue weighted by atomic mass is 9.85. The number of hydrogen-bond donors (Lipinski definition) is 2. The van der Waals surface area contributed by atoms with Crippen LogP contribution in [0.3, 0.4) is 0 Å². The van der Waals surface area contributed by atoms with E-state index in [4.69, 9.17) is 0 Å². The molecule has 0 spiro atoms. The molecule has 0 aliphatic carbocycles. The molecular formula is C22H33N3O3. The zero-order valence-corrected chi connectivity index (χ0v) is 17.3. The Morgan fingerprint density at radius 1 is 1.11 bits per heavy atom.